The third kappa shape index (κ3) is 5.57. The number of ether oxygens (including phenoxy) is 2. The Morgan fingerprint density at radius 2 is 0.918 bits per heavy atom. The van der Waals surface area contributed by atoms with Gasteiger partial charge < -0.3 is 14.4 Å². The Labute approximate surface area is 294 Å². The molecule has 0 amide bonds. The molecule has 0 fully saturated rings. The Morgan fingerprint density at radius 3 is 1.24 bits per heavy atom. The van der Waals surface area contributed by atoms with Crippen molar-refractivity contribution in [3.63, 3.8) is 0 Å². The zero-order valence-electron chi connectivity index (χ0n) is 30.7. The molecular weight excluding hydrogens is 615 g/mol. The van der Waals surface area contributed by atoms with E-state index in [0.29, 0.717) is 16.6 Å². The average Bonchev–Trinajstić information content (AvgIpc) is 3.09. The van der Waals surface area contributed by atoms with Crippen LogP contribution < -0.4 is 4.90 Å². The predicted octanol–water partition coefficient (Wildman–Crippen LogP) is 10.4. The van der Waals surface area contributed by atoms with Crippen LogP contribution in [-0.4, -0.2) is 36.4 Å². The van der Waals surface area contributed by atoms with Crippen LogP contribution in [0.2, 0.25) is 16.6 Å². The highest BCUT2D eigenvalue weighted by Crippen LogP contribution is 2.53. The van der Waals surface area contributed by atoms with Crippen molar-refractivity contribution in [3.8, 4) is 23.3 Å². The summed E-state index contributed by atoms with van der Waals surface area (Å²) in [6.07, 6.45) is 0. The minimum Gasteiger partial charge on any atom is -0.378 e. The number of methoxy groups -OCH3 is 2. The lowest BCUT2D eigenvalue weighted by atomic mass is 9.66. The van der Waals surface area contributed by atoms with Crippen LogP contribution in [0.15, 0.2) is 97.1 Å². The molecule has 0 bridgehead atoms. The molecule has 250 valence electrons. The summed E-state index contributed by atoms with van der Waals surface area (Å²) in [6.45, 7) is 14.2. The molecule has 0 saturated heterocycles. The summed E-state index contributed by atoms with van der Waals surface area (Å²) < 4.78 is 13.6. The van der Waals surface area contributed by atoms with E-state index in [9.17, 15) is 0 Å². The van der Waals surface area contributed by atoms with Crippen LogP contribution in [0.3, 0.4) is 0 Å². The largest absolute Gasteiger partial charge is 0.378 e. The van der Waals surface area contributed by atoms with Crippen molar-refractivity contribution in [2.24, 2.45) is 0 Å². The molecule has 0 unspecified atom stereocenters. The second kappa shape index (κ2) is 13.2. The van der Waals surface area contributed by atoms with Gasteiger partial charge in [-0.05, 0) is 86.7 Å². The fraction of sp³-hybridized carbons (Fsp3) is 0.333. The van der Waals surface area contributed by atoms with Gasteiger partial charge in [-0.15, -0.1) is 5.54 Å². The van der Waals surface area contributed by atoms with Gasteiger partial charge in [-0.25, -0.2) is 0 Å². The van der Waals surface area contributed by atoms with Gasteiger partial charge in [0.25, 0.3) is 0 Å². The van der Waals surface area contributed by atoms with E-state index in [1.54, 1.807) is 7.11 Å². The van der Waals surface area contributed by atoms with Crippen molar-refractivity contribution in [1.29, 1.82) is 0 Å². The summed E-state index contributed by atoms with van der Waals surface area (Å²) in [5.74, 6) is 11.2. The van der Waals surface area contributed by atoms with E-state index in [1.807, 2.05) is 21.2 Å². The monoisotopic (exact) mass is 663 g/mol. The fourth-order valence-corrected chi connectivity index (χ4v) is 13.6. The second-order valence-corrected chi connectivity index (χ2v) is 20.2. The Kier molecular flexibility index (Phi) is 9.29. The molecule has 0 N–H and O–H groups in total. The first-order valence-corrected chi connectivity index (χ1v) is 19.7. The van der Waals surface area contributed by atoms with Crippen molar-refractivity contribution in [2.45, 2.75) is 69.4 Å². The molecule has 0 heterocycles. The lowest BCUT2D eigenvalue weighted by Gasteiger charge is -2.45. The second-order valence-electron chi connectivity index (χ2n) is 14.6. The maximum atomic E-state index is 6.84. The van der Waals surface area contributed by atoms with Gasteiger partial charge in [-0.1, -0.05) is 108 Å². The number of hydrogen-bond donors (Lipinski definition) is 0. The van der Waals surface area contributed by atoms with E-state index < -0.39 is 19.3 Å². The van der Waals surface area contributed by atoms with Crippen LogP contribution in [0.4, 0.5) is 5.69 Å². The SMILES string of the molecule is COC1(C#Cc2ccc(N(C)C)cc2)c2cc3ccccc3cc2C(C#C[Si](C(C)C)(C(C)C)C(C)C)(OC)c2cc3ccccc3cc21. The molecule has 0 saturated carbocycles. The lowest BCUT2D eigenvalue weighted by molar-refractivity contribution is 0.0334. The Morgan fingerprint density at radius 1 is 0.551 bits per heavy atom. The first-order chi connectivity index (χ1) is 23.4. The standard InChI is InChI=1S/C45H49NO2Si/c1-31(2)49(32(3)4,33(5)6)26-25-45(48-10)42-29-37-17-13-11-15-35(37)27-40(42)44(47-9,24-23-34-19-21-39(22-20-34)46(7)8)41-28-36-16-12-14-18-38(36)30-43(41)45/h11-22,27-33H,1-10H3. The molecule has 0 spiro atoms. The normalized spacial score (nSPS) is 18.6. The van der Waals surface area contributed by atoms with Crippen molar-refractivity contribution >= 4 is 35.3 Å². The molecule has 6 rings (SSSR count). The van der Waals surface area contributed by atoms with E-state index >= 15 is 0 Å². The van der Waals surface area contributed by atoms with Gasteiger partial charge in [-0.2, -0.15) is 0 Å². The van der Waals surface area contributed by atoms with Gasteiger partial charge in [0, 0.05) is 61.8 Å². The predicted molar refractivity (Wildman–Crippen MR) is 210 cm³/mol. The highest BCUT2D eigenvalue weighted by Gasteiger charge is 2.52. The Bertz CT molecular complexity index is 2030. The van der Waals surface area contributed by atoms with Crippen LogP contribution in [0.5, 0.6) is 0 Å². The summed E-state index contributed by atoms with van der Waals surface area (Å²) in [6, 6.07) is 34.4. The topological polar surface area (TPSA) is 21.7 Å². The average molecular weight is 664 g/mol. The van der Waals surface area contributed by atoms with Gasteiger partial charge in [0.2, 0.25) is 0 Å². The molecule has 1 aliphatic rings. The van der Waals surface area contributed by atoms with Gasteiger partial charge >= 0.3 is 0 Å². The number of rotatable bonds is 6. The van der Waals surface area contributed by atoms with Crippen molar-refractivity contribution in [1.82, 2.24) is 0 Å². The molecular formula is C45H49NO2Si. The van der Waals surface area contributed by atoms with Crippen molar-refractivity contribution < 1.29 is 9.47 Å². The number of benzene rings is 5. The molecule has 0 aliphatic heterocycles. The molecule has 0 atom stereocenters. The number of fused-ring (bicyclic) bond motifs is 4. The quantitative estimate of drug-likeness (QED) is 0.133. The maximum absolute atomic E-state index is 6.84. The molecule has 0 aromatic heterocycles. The van der Waals surface area contributed by atoms with Gasteiger partial charge in [0.05, 0.1) is 0 Å². The van der Waals surface area contributed by atoms with Crippen molar-refractivity contribution in [3.05, 3.63) is 125 Å². The summed E-state index contributed by atoms with van der Waals surface area (Å²) in [5.41, 5.74) is 9.37. The first-order valence-electron chi connectivity index (χ1n) is 17.5. The highest BCUT2D eigenvalue weighted by atomic mass is 28.3. The minimum atomic E-state index is -2.14. The van der Waals surface area contributed by atoms with Gasteiger partial charge in [-0.3, -0.25) is 0 Å². The number of nitrogens with zero attached hydrogens (tertiary/aromatic N) is 1. The van der Waals surface area contributed by atoms with Crippen LogP contribution in [0.1, 0.15) is 69.4 Å². The summed E-state index contributed by atoms with van der Waals surface area (Å²) in [5, 5.41) is 4.51. The molecule has 5 aromatic carbocycles. The summed E-state index contributed by atoms with van der Waals surface area (Å²) in [7, 11) is 5.54. The zero-order valence-corrected chi connectivity index (χ0v) is 31.7. The Balaban J connectivity index is 1.76. The van der Waals surface area contributed by atoms with E-state index in [2.05, 4.69) is 167 Å². The zero-order chi connectivity index (χ0) is 35.1. The summed E-state index contributed by atoms with van der Waals surface area (Å²) >= 11 is 0. The first kappa shape index (κ1) is 34.5. The highest BCUT2D eigenvalue weighted by molar-refractivity contribution is 6.90. The van der Waals surface area contributed by atoms with Crippen LogP contribution in [0.25, 0.3) is 21.5 Å². The fourth-order valence-electron chi connectivity index (χ4n) is 8.38. The molecule has 3 nitrogen and oxygen atoms in total. The van der Waals surface area contributed by atoms with E-state index in [-0.39, 0.29) is 0 Å². The maximum Gasteiger partial charge on any atom is 0.180 e. The smallest absolute Gasteiger partial charge is 0.180 e. The molecule has 5 aromatic rings. The molecule has 0 radical (unpaired) electrons. The van der Waals surface area contributed by atoms with Crippen LogP contribution >= 0.6 is 0 Å². The lowest BCUT2D eigenvalue weighted by Crippen LogP contribution is -2.46. The van der Waals surface area contributed by atoms with E-state index in [1.165, 1.54) is 0 Å². The third-order valence-corrected chi connectivity index (χ3v) is 17.3. The third-order valence-electron chi connectivity index (χ3n) is 11.0. The molecule has 49 heavy (non-hydrogen) atoms. The van der Waals surface area contributed by atoms with Crippen LogP contribution in [-0.2, 0) is 20.7 Å². The van der Waals surface area contributed by atoms with E-state index in [0.717, 1.165) is 55.0 Å². The van der Waals surface area contributed by atoms with Gasteiger partial charge in [0.1, 0.15) is 8.07 Å². The van der Waals surface area contributed by atoms with Crippen LogP contribution in [0, 0.1) is 23.3 Å². The molecule has 4 heteroatoms. The number of hydrogen-bond acceptors (Lipinski definition) is 3. The minimum absolute atomic E-state index is 0.479. The van der Waals surface area contributed by atoms with Crippen molar-refractivity contribution in [2.75, 3.05) is 33.2 Å². The Hall–Kier alpha value is -4.32. The summed E-state index contributed by atoms with van der Waals surface area (Å²) in [4.78, 5) is 2.10. The van der Waals surface area contributed by atoms with Gasteiger partial charge in [0.15, 0.2) is 11.2 Å². The number of anilines is 1. The molecule has 1 aliphatic carbocycles. The van der Waals surface area contributed by atoms with E-state index in [4.69, 9.17) is 9.47 Å².